The van der Waals surface area contributed by atoms with Crippen LogP contribution in [0, 0.1) is 18.3 Å². The Labute approximate surface area is 169 Å². The summed E-state index contributed by atoms with van der Waals surface area (Å²) in [6.45, 7) is 2.26. The summed E-state index contributed by atoms with van der Waals surface area (Å²) in [6.07, 6.45) is 0. The number of likely N-dealkylation sites (N-methyl/N-ethyl adjacent to an activating group) is 1. The molecule has 0 unspecified atom stereocenters. The van der Waals surface area contributed by atoms with Crippen molar-refractivity contribution in [2.45, 2.75) is 19.4 Å². The molecular formula is C23H20N4O2. The fraction of sp³-hybridized carbons (Fsp3) is 0.174. The predicted octanol–water partition coefficient (Wildman–Crippen LogP) is 2.54. The highest BCUT2D eigenvalue weighted by Crippen LogP contribution is 2.44. The number of nitrogens with two attached hydrogens (primary N) is 1. The van der Waals surface area contributed by atoms with Crippen LogP contribution >= 0.6 is 0 Å². The Morgan fingerprint density at radius 2 is 1.69 bits per heavy atom. The number of nitrogens with zero attached hydrogens (tertiary/aromatic N) is 3. The third-order valence-corrected chi connectivity index (χ3v) is 5.43. The third-order valence-electron chi connectivity index (χ3n) is 5.43. The van der Waals surface area contributed by atoms with E-state index in [0.29, 0.717) is 12.1 Å². The average molecular weight is 384 g/mol. The van der Waals surface area contributed by atoms with Gasteiger partial charge in [0.2, 0.25) is 0 Å². The average Bonchev–Trinajstić information content (AvgIpc) is 2.95. The lowest BCUT2D eigenvalue weighted by atomic mass is 9.81. The lowest BCUT2D eigenvalue weighted by Crippen LogP contribution is -2.36. The molecule has 6 heteroatoms. The molecule has 29 heavy (non-hydrogen) atoms. The summed E-state index contributed by atoms with van der Waals surface area (Å²) in [7, 11) is 1.46. The summed E-state index contributed by atoms with van der Waals surface area (Å²) in [5, 5.41) is 9.92. The van der Waals surface area contributed by atoms with Crippen LogP contribution in [0.1, 0.15) is 22.6 Å². The number of imide groups is 1. The van der Waals surface area contributed by atoms with E-state index < -0.39 is 17.7 Å². The number of rotatable bonds is 3. The van der Waals surface area contributed by atoms with Crippen LogP contribution in [0.15, 0.2) is 77.3 Å². The largest absolute Gasteiger partial charge is 0.384 e. The van der Waals surface area contributed by atoms with E-state index in [-0.39, 0.29) is 17.1 Å². The number of allylic oxidation sites excluding steroid dienone is 1. The number of aryl methyl sites for hydroxylation is 1. The molecule has 0 radical (unpaired) electrons. The summed E-state index contributed by atoms with van der Waals surface area (Å²) in [5.41, 5.74) is 10.00. The molecule has 0 spiro atoms. The fourth-order valence-electron chi connectivity index (χ4n) is 3.87. The molecule has 2 heterocycles. The minimum atomic E-state index is -0.663. The summed E-state index contributed by atoms with van der Waals surface area (Å²) in [4.78, 5) is 28.7. The molecule has 2 N–H and O–H groups in total. The minimum absolute atomic E-state index is 0.206. The number of nitriles is 1. The van der Waals surface area contributed by atoms with Gasteiger partial charge in [0.15, 0.2) is 0 Å². The normalized spacial score (nSPS) is 19.0. The zero-order valence-corrected chi connectivity index (χ0v) is 16.2. The molecule has 144 valence electrons. The van der Waals surface area contributed by atoms with Crippen LogP contribution in [0.25, 0.3) is 0 Å². The maximum absolute atomic E-state index is 13.0. The summed E-state index contributed by atoms with van der Waals surface area (Å²) < 4.78 is 0. The van der Waals surface area contributed by atoms with Crippen LogP contribution in [0.4, 0.5) is 0 Å². The van der Waals surface area contributed by atoms with Crippen LogP contribution in [-0.2, 0) is 16.1 Å². The van der Waals surface area contributed by atoms with Gasteiger partial charge in [0.25, 0.3) is 11.8 Å². The van der Waals surface area contributed by atoms with Gasteiger partial charge in [-0.3, -0.25) is 14.5 Å². The zero-order valence-electron chi connectivity index (χ0n) is 16.2. The molecule has 0 saturated carbocycles. The smallest absolute Gasteiger partial charge is 0.277 e. The van der Waals surface area contributed by atoms with Crippen molar-refractivity contribution in [3.8, 4) is 6.07 Å². The molecule has 1 atom stereocenters. The molecule has 2 aromatic carbocycles. The first-order valence-corrected chi connectivity index (χ1v) is 9.28. The highest BCUT2D eigenvalue weighted by molar-refractivity contribution is 6.20. The van der Waals surface area contributed by atoms with Gasteiger partial charge in [0.1, 0.15) is 11.5 Å². The van der Waals surface area contributed by atoms with Gasteiger partial charge in [-0.25, -0.2) is 0 Å². The van der Waals surface area contributed by atoms with Crippen molar-refractivity contribution in [3.05, 3.63) is 94.0 Å². The van der Waals surface area contributed by atoms with Gasteiger partial charge in [0, 0.05) is 13.6 Å². The molecule has 2 amide bonds. The Morgan fingerprint density at radius 1 is 1.03 bits per heavy atom. The van der Waals surface area contributed by atoms with E-state index in [1.807, 2.05) is 61.5 Å². The van der Waals surface area contributed by atoms with E-state index in [0.717, 1.165) is 21.6 Å². The second kappa shape index (κ2) is 6.95. The van der Waals surface area contributed by atoms with Crippen molar-refractivity contribution < 1.29 is 9.59 Å². The van der Waals surface area contributed by atoms with E-state index in [1.54, 1.807) is 4.90 Å². The van der Waals surface area contributed by atoms with Gasteiger partial charge >= 0.3 is 0 Å². The summed E-state index contributed by atoms with van der Waals surface area (Å²) in [6, 6.07) is 19.3. The van der Waals surface area contributed by atoms with Crippen molar-refractivity contribution in [2.75, 3.05) is 7.05 Å². The van der Waals surface area contributed by atoms with Gasteiger partial charge in [0.05, 0.1) is 23.1 Å². The molecule has 0 saturated heterocycles. The maximum Gasteiger partial charge on any atom is 0.277 e. The lowest BCUT2D eigenvalue weighted by molar-refractivity contribution is -0.136. The number of carbonyl (C=O) groups excluding carboxylic acids is 2. The Kier molecular flexibility index (Phi) is 4.44. The first kappa shape index (κ1) is 18.5. The number of hydrogen-bond donors (Lipinski definition) is 1. The van der Waals surface area contributed by atoms with E-state index in [1.165, 1.54) is 7.05 Å². The Hall–Kier alpha value is -3.85. The molecular weight excluding hydrogens is 364 g/mol. The van der Waals surface area contributed by atoms with Crippen LogP contribution < -0.4 is 5.73 Å². The van der Waals surface area contributed by atoms with E-state index in [9.17, 15) is 14.9 Å². The molecule has 0 aliphatic carbocycles. The first-order chi connectivity index (χ1) is 13.9. The van der Waals surface area contributed by atoms with Gasteiger partial charge < -0.3 is 10.6 Å². The lowest BCUT2D eigenvalue weighted by Gasteiger charge is -2.33. The summed E-state index contributed by atoms with van der Waals surface area (Å²) in [5.74, 6) is -1.26. The van der Waals surface area contributed by atoms with Gasteiger partial charge in [-0.1, -0.05) is 60.2 Å². The Balaban J connectivity index is 1.91. The fourth-order valence-corrected chi connectivity index (χ4v) is 3.87. The zero-order chi connectivity index (χ0) is 20.7. The Morgan fingerprint density at radius 3 is 2.31 bits per heavy atom. The number of carbonyl (C=O) groups is 2. The van der Waals surface area contributed by atoms with Gasteiger partial charge in [-0.15, -0.1) is 0 Å². The quantitative estimate of drug-likeness (QED) is 0.822. The van der Waals surface area contributed by atoms with Crippen LogP contribution in [-0.4, -0.2) is 28.7 Å². The van der Waals surface area contributed by atoms with Crippen LogP contribution in [0.3, 0.4) is 0 Å². The topological polar surface area (TPSA) is 90.4 Å². The van der Waals surface area contributed by atoms with Gasteiger partial charge in [-0.05, 0) is 18.1 Å². The molecule has 2 aliphatic rings. The monoisotopic (exact) mass is 384 g/mol. The second-order valence-electron chi connectivity index (χ2n) is 7.26. The van der Waals surface area contributed by atoms with E-state index >= 15 is 0 Å². The third kappa shape index (κ3) is 2.88. The summed E-state index contributed by atoms with van der Waals surface area (Å²) >= 11 is 0. The molecule has 2 aliphatic heterocycles. The van der Waals surface area contributed by atoms with Crippen molar-refractivity contribution >= 4 is 11.8 Å². The van der Waals surface area contributed by atoms with Gasteiger partial charge in [-0.2, -0.15) is 5.26 Å². The molecule has 0 fully saturated rings. The number of hydrogen-bond acceptors (Lipinski definition) is 5. The molecule has 0 bridgehead atoms. The minimum Gasteiger partial charge on any atom is -0.384 e. The van der Waals surface area contributed by atoms with Crippen LogP contribution in [0.5, 0.6) is 0 Å². The SMILES string of the molecule is Cc1ccc([C@H]2C(C#N)=C(N)N(Cc3ccccc3)C3=C2C(=O)N(C)C3=O)cc1. The number of benzene rings is 2. The standard InChI is InChI=1S/C23H20N4O2/c1-14-8-10-16(11-9-14)18-17(12-24)21(25)27(13-15-6-4-3-5-7-15)20-19(18)22(28)26(2)23(20)29/h3-11,18H,13,25H2,1-2H3/t18-/m0/s1. The molecule has 6 nitrogen and oxygen atoms in total. The maximum atomic E-state index is 13.0. The molecule has 0 aromatic heterocycles. The van der Waals surface area contributed by atoms with E-state index in [4.69, 9.17) is 5.73 Å². The second-order valence-corrected chi connectivity index (χ2v) is 7.26. The molecule has 4 rings (SSSR count). The predicted molar refractivity (Wildman–Crippen MR) is 108 cm³/mol. The van der Waals surface area contributed by atoms with Crippen molar-refractivity contribution in [3.63, 3.8) is 0 Å². The van der Waals surface area contributed by atoms with Crippen molar-refractivity contribution in [2.24, 2.45) is 5.73 Å². The van der Waals surface area contributed by atoms with Crippen molar-refractivity contribution in [1.82, 2.24) is 9.80 Å². The van der Waals surface area contributed by atoms with Crippen molar-refractivity contribution in [1.29, 1.82) is 5.26 Å². The Bertz CT molecular complexity index is 1110. The van der Waals surface area contributed by atoms with E-state index in [2.05, 4.69) is 6.07 Å². The highest BCUT2D eigenvalue weighted by atomic mass is 16.2. The molecule has 2 aromatic rings. The first-order valence-electron chi connectivity index (χ1n) is 9.28. The highest BCUT2D eigenvalue weighted by Gasteiger charge is 2.48. The number of amides is 2. The van der Waals surface area contributed by atoms with Crippen LogP contribution in [0.2, 0.25) is 0 Å².